The molecular formula is C10H15N3. The van der Waals surface area contributed by atoms with Gasteiger partial charge in [-0.3, -0.25) is 0 Å². The molecule has 3 nitrogen and oxygen atoms in total. The van der Waals surface area contributed by atoms with Crippen molar-refractivity contribution in [2.24, 2.45) is 5.92 Å². The zero-order chi connectivity index (χ0) is 10.5. The van der Waals surface area contributed by atoms with Crippen LogP contribution >= 0.6 is 0 Å². The molecule has 0 heterocycles. The van der Waals surface area contributed by atoms with Crippen molar-refractivity contribution in [2.45, 2.75) is 33.2 Å². The fraction of sp³-hybridized carbons (Fsp3) is 0.600. The first-order chi connectivity index (χ1) is 5.89. The average Bonchev–Trinajstić information content (AvgIpc) is 2.00. The fourth-order valence-corrected chi connectivity index (χ4v) is 0.798. The highest BCUT2D eigenvalue weighted by Gasteiger charge is 2.11. The number of nitrogens with zero attached hydrogens (tertiary/aromatic N) is 2. The summed E-state index contributed by atoms with van der Waals surface area (Å²) in [5, 5.41) is 20.3. The topological polar surface area (TPSA) is 59.6 Å². The van der Waals surface area contributed by atoms with E-state index in [0.717, 1.165) is 0 Å². The Bertz CT molecular complexity index is 270. The van der Waals surface area contributed by atoms with Crippen LogP contribution < -0.4 is 5.32 Å². The van der Waals surface area contributed by atoms with Gasteiger partial charge in [0.05, 0.1) is 12.0 Å². The first-order valence-electron chi connectivity index (χ1n) is 4.19. The maximum Gasteiger partial charge on any atom is 0.117 e. The van der Waals surface area contributed by atoms with Crippen molar-refractivity contribution in [2.75, 3.05) is 0 Å². The molecule has 3 heteroatoms. The summed E-state index contributed by atoms with van der Waals surface area (Å²) in [5.41, 5.74) is 0.318. The minimum absolute atomic E-state index is 0.142. The summed E-state index contributed by atoms with van der Waals surface area (Å²) >= 11 is 0. The summed E-state index contributed by atoms with van der Waals surface area (Å²) in [5.74, 6) is -0.232. The van der Waals surface area contributed by atoms with Gasteiger partial charge < -0.3 is 5.32 Å². The lowest BCUT2D eigenvalue weighted by molar-refractivity contribution is 0.479. The molecule has 13 heavy (non-hydrogen) atoms. The molecule has 0 amide bonds. The molecule has 0 aromatic heterocycles. The second-order valence-corrected chi connectivity index (χ2v) is 3.98. The first kappa shape index (κ1) is 11.5. The van der Waals surface area contributed by atoms with E-state index in [-0.39, 0.29) is 11.5 Å². The Hall–Kier alpha value is -1.48. The lowest BCUT2D eigenvalue weighted by atomic mass is 10.1. The Kier molecular flexibility index (Phi) is 4.01. The number of hydrogen-bond acceptors (Lipinski definition) is 3. The van der Waals surface area contributed by atoms with E-state index in [1.807, 2.05) is 32.9 Å². The molecule has 0 aliphatic carbocycles. The third-order valence-corrected chi connectivity index (χ3v) is 1.25. The van der Waals surface area contributed by atoms with Gasteiger partial charge in [0.2, 0.25) is 0 Å². The quantitative estimate of drug-likeness (QED) is 0.656. The number of allylic oxidation sites excluding steroid dienone is 2. The fourth-order valence-electron chi connectivity index (χ4n) is 0.798. The van der Waals surface area contributed by atoms with E-state index in [4.69, 9.17) is 10.5 Å². The molecule has 0 spiro atoms. The van der Waals surface area contributed by atoms with Crippen molar-refractivity contribution in [3.8, 4) is 12.1 Å². The summed E-state index contributed by atoms with van der Waals surface area (Å²) in [6.07, 6.45) is 1.63. The number of hydrogen-bond donors (Lipinski definition) is 1. The van der Waals surface area contributed by atoms with Crippen LogP contribution in [0.15, 0.2) is 11.8 Å². The second kappa shape index (κ2) is 4.52. The maximum absolute atomic E-state index is 8.74. The molecular weight excluding hydrogens is 162 g/mol. The van der Waals surface area contributed by atoms with E-state index in [2.05, 4.69) is 5.32 Å². The molecule has 0 rings (SSSR count). The van der Waals surface area contributed by atoms with Crippen LogP contribution in [0.2, 0.25) is 0 Å². The van der Waals surface area contributed by atoms with E-state index < -0.39 is 0 Å². The summed E-state index contributed by atoms with van der Waals surface area (Å²) in [6, 6.07) is 4.07. The summed E-state index contributed by atoms with van der Waals surface area (Å²) < 4.78 is 0. The molecule has 1 unspecified atom stereocenters. The van der Waals surface area contributed by atoms with Gasteiger partial charge in [-0.05, 0) is 33.8 Å². The smallest absolute Gasteiger partial charge is 0.117 e. The first-order valence-corrected chi connectivity index (χ1v) is 4.19. The van der Waals surface area contributed by atoms with Crippen molar-refractivity contribution in [3.05, 3.63) is 11.8 Å². The monoisotopic (exact) mass is 177 g/mol. The summed E-state index contributed by atoms with van der Waals surface area (Å²) in [7, 11) is 0. The van der Waals surface area contributed by atoms with Gasteiger partial charge in [0.1, 0.15) is 11.8 Å². The van der Waals surface area contributed by atoms with Crippen molar-refractivity contribution in [3.63, 3.8) is 0 Å². The predicted molar refractivity (Wildman–Crippen MR) is 51.4 cm³/mol. The predicted octanol–water partition coefficient (Wildman–Crippen LogP) is 1.94. The van der Waals surface area contributed by atoms with Gasteiger partial charge in [-0.15, -0.1) is 0 Å². The van der Waals surface area contributed by atoms with Gasteiger partial charge in [-0.2, -0.15) is 10.5 Å². The van der Waals surface area contributed by atoms with Gasteiger partial charge in [0.15, 0.2) is 0 Å². The summed E-state index contributed by atoms with van der Waals surface area (Å²) in [4.78, 5) is 0. The van der Waals surface area contributed by atoms with Crippen molar-refractivity contribution in [1.29, 1.82) is 10.5 Å². The largest absolute Gasteiger partial charge is 0.372 e. The van der Waals surface area contributed by atoms with E-state index in [1.165, 1.54) is 0 Å². The van der Waals surface area contributed by atoms with E-state index in [0.29, 0.717) is 5.70 Å². The van der Waals surface area contributed by atoms with Gasteiger partial charge in [0.25, 0.3) is 0 Å². The third-order valence-electron chi connectivity index (χ3n) is 1.25. The minimum atomic E-state index is -0.232. The third kappa shape index (κ3) is 5.75. The molecule has 1 N–H and O–H groups in total. The van der Waals surface area contributed by atoms with Crippen molar-refractivity contribution >= 4 is 0 Å². The Morgan fingerprint density at radius 1 is 1.38 bits per heavy atom. The number of rotatable bonds is 2. The molecule has 0 fully saturated rings. The standard InChI is InChI=1S/C10H15N3/c1-8(6-11)5-9(7-12)13-10(2,3)4/h5,8,13H,1-4H3/b9-5+. The SMILES string of the molecule is CC(C#N)/C=C(\C#N)NC(C)(C)C. The van der Waals surface area contributed by atoms with Crippen LogP contribution in [0.1, 0.15) is 27.7 Å². The van der Waals surface area contributed by atoms with Crippen LogP contribution in [0.4, 0.5) is 0 Å². The highest BCUT2D eigenvalue weighted by Crippen LogP contribution is 2.05. The lowest BCUT2D eigenvalue weighted by Gasteiger charge is -2.21. The summed E-state index contributed by atoms with van der Waals surface area (Å²) in [6.45, 7) is 7.65. The maximum atomic E-state index is 8.74. The molecule has 0 aliphatic heterocycles. The molecule has 1 atom stereocenters. The highest BCUT2D eigenvalue weighted by molar-refractivity contribution is 5.22. The minimum Gasteiger partial charge on any atom is -0.372 e. The van der Waals surface area contributed by atoms with Crippen LogP contribution in [0.25, 0.3) is 0 Å². The van der Waals surface area contributed by atoms with E-state index >= 15 is 0 Å². The highest BCUT2D eigenvalue weighted by atomic mass is 15.0. The van der Waals surface area contributed by atoms with Gasteiger partial charge in [-0.25, -0.2) is 0 Å². The van der Waals surface area contributed by atoms with Crippen LogP contribution in [0.3, 0.4) is 0 Å². The van der Waals surface area contributed by atoms with Crippen LogP contribution in [0, 0.1) is 28.6 Å². The zero-order valence-corrected chi connectivity index (χ0v) is 8.55. The average molecular weight is 177 g/mol. The molecule has 0 saturated carbocycles. The van der Waals surface area contributed by atoms with Crippen molar-refractivity contribution < 1.29 is 0 Å². The molecule has 0 radical (unpaired) electrons. The normalized spacial score (nSPS) is 14.2. The Labute approximate surface area is 79.7 Å². The number of nitrogens with one attached hydrogen (secondary N) is 1. The Morgan fingerprint density at radius 2 is 1.92 bits per heavy atom. The molecule has 0 aliphatic rings. The van der Waals surface area contributed by atoms with Gasteiger partial charge in [0, 0.05) is 5.54 Å². The Balaban J connectivity index is 4.49. The van der Waals surface area contributed by atoms with Crippen molar-refractivity contribution in [1.82, 2.24) is 5.32 Å². The van der Waals surface area contributed by atoms with Crippen LogP contribution in [0.5, 0.6) is 0 Å². The van der Waals surface area contributed by atoms with Crippen LogP contribution in [-0.2, 0) is 0 Å². The zero-order valence-electron chi connectivity index (χ0n) is 8.55. The second-order valence-electron chi connectivity index (χ2n) is 3.98. The van der Waals surface area contributed by atoms with E-state index in [1.54, 1.807) is 13.0 Å². The van der Waals surface area contributed by atoms with Gasteiger partial charge in [-0.1, -0.05) is 0 Å². The molecule has 0 aromatic carbocycles. The number of nitriles is 2. The molecule has 0 aromatic rings. The Morgan fingerprint density at radius 3 is 2.23 bits per heavy atom. The van der Waals surface area contributed by atoms with Gasteiger partial charge >= 0.3 is 0 Å². The lowest BCUT2D eigenvalue weighted by Crippen LogP contribution is -2.34. The van der Waals surface area contributed by atoms with E-state index in [9.17, 15) is 0 Å². The molecule has 0 saturated heterocycles. The van der Waals surface area contributed by atoms with Crippen LogP contribution in [-0.4, -0.2) is 5.54 Å². The molecule has 0 bridgehead atoms. The molecule has 70 valence electrons.